The van der Waals surface area contributed by atoms with E-state index in [1.165, 1.54) is 18.4 Å². The summed E-state index contributed by atoms with van der Waals surface area (Å²) in [6.07, 6.45) is 3.47. The largest absolute Gasteiger partial charge is 0.346 e. The van der Waals surface area contributed by atoms with Gasteiger partial charge in [-0.1, -0.05) is 17.4 Å². The lowest BCUT2D eigenvalue weighted by molar-refractivity contribution is -0.115. The Labute approximate surface area is 177 Å². The van der Waals surface area contributed by atoms with E-state index in [0.29, 0.717) is 22.8 Å². The fraction of sp³-hybridized carbons (Fsp3) is 0.316. The monoisotopic (exact) mass is 426 g/mol. The Morgan fingerprint density at radius 1 is 1.23 bits per heavy atom. The molecular weight excluding hydrogens is 404 g/mol. The number of pyridine rings is 1. The van der Waals surface area contributed by atoms with Crippen LogP contribution in [0.15, 0.2) is 36.5 Å². The predicted octanol–water partition coefficient (Wildman–Crippen LogP) is 1.29. The van der Waals surface area contributed by atoms with Gasteiger partial charge in [0, 0.05) is 30.9 Å². The van der Waals surface area contributed by atoms with Crippen LogP contribution in [0.4, 0.5) is 10.9 Å². The molecule has 0 aliphatic carbocycles. The molecule has 0 saturated carbocycles. The highest BCUT2D eigenvalue weighted by Gasteiger charge is 2.27. The first-order valence-corrected chi connectivity index (χ1v) is 10.2. The summed E-state index contributed by atoms with van der Waals surface area (Å²) in [5.74, 6) is 0.448. The van der Waals surface area contributed by atoms with Crippen molar-refractivity contribution in [2.75, 3.05) is 30.4 Å². The van der Waals surface area contributed by atoms with E-state index in [1.54, 1.807) is 18.3 Å². The van der Waals surface area contributed by atoms with Crippen LogP contribution in [0.5, 0.6) is 0 Å². The molecule has 0 radical (unpaired) electrons. The molecule has 0 aromatic carbocycles. The molecule has 1 amide bonds. The molecule has 4 rings (SSSR count). The molecule has 1 unspecified atom stereocenters. The fourth-order valence-electron chi connectivity index (χ4n) is 3.06. The maximum Gasteiger partial charge on any atom is 0.231 e. The molecule has 3 aromatic heterocycles. The Morgan fingerprint density at radius 3 is 2.77 bits per heavy atom. The van der Waals surface area contributed by atoms with Crippen molar-refractivity contribution in [2.24, 2.45) is 5.73 Å². The highest BCUT2D eigenvalue weighted by atomic mass is 32.1. The second-order valence-electron chi connectivity index (χ2n) is 6.36. The summed E-state index contributed by atoms with van der Waals surface area (Å²) in [4.78, 5) is 29.1. The van der Waals surface area contributed by atoms with Crippen LogP contribution in [0.3, 0.4) is 0 Å². The topological polar surface area (TPSA) is 140 Å². The Bertz CT molecular complexity index is 964. The molecule has 3 N–H and O–H groups in total. The van der Waals surface area contributed by atoms with Gasteiger partial charge in [-0.05, 0) is 37.7 Å². The number of aldehydes is 1. The number of hydrogen-bond donors (Lipinski definition) is 2. The van der Waals surface area contributed by atoms with E-state index in [1.807, 2.05) is 18.2 Å². The van der Waals surface area contributed by atoms with Crippen LogP contribution >= 0.6 is 11.3 Å². The zero-order chi connectivity index (χ0) is 21.3. The lowest BCUT2D eigenvalue weighted by Gasteiger charge is -2.13. The second kappa shape index (κ2) is 10.5. The van der Waals surface area contributed by atoms with E-state index >= 15 is 0 Å². The van der Waals surface area contributed by atoms with Gasteiger partial charge < -0.3 is 16.0 Å². The zero-order valence-corrected chi connectivity index (χ0v) is 17.2. The van der Waals surface area contributed by atoms with Crippen molar-refractivity contribution in [1.82, 2.24) is 25.4 Å². The van der Waals surface area contributed by atoms with Crippen molar-refractivity contribution in [3.8, 4) is 0 Å². The summed E-state index contributed by atoms with van der Waals surface area (Å²) < 4.78 is 0. The van der Waals surface area contributed by atoms with Crippen LogP contribution in [0.1, 0.15) is 33.5 Å². The molecule has 4 heterocycles. The zero-order valence-electron chi connectivity index (χ0n) is 16.4. The summed E-state index contributed by atoms with van der Waals surface area (Å²) in [7, 11) is 1.50. The van der Waals surface area contributed by atoms with Gasteiger partial charge in [0.1, 0.15) is 0 Å². The molecule has 1 fully saturated rings. The molecular formula is C19H22N8O2S. The van der Waals surface area contributed by atoms with Gasteiger partial charge in [0.05, 0.1) is 12.1 Å². The number of rotatable bonds is 6. The highest BCUT2D eigenvalue weighted by molar-refractivity contribution is 7.16. The third-order valence-corrected chi connectivity index (χ3v) is 5.34. The lowest BCUT2D eigenvalue weighted by atomic mass is 10.1. The molecule has 0 spiro atoms. The van der Waals surface area contributed by atoms with E-state index in [9.17, 15) is 9.59 Å². The minimum Gasteiger partial charge on any atom is -0.346 e. The maximum atomic E-state index is 12.1. The average Bonchev–Trinajstić information content (AvgIpc) is 3.46. The molecule has 156 valence electrons. The first-order chi connectivity index (χ1) is 14.7. The van der Waals surface area contributed by atoms with Crippen LogP contribution in [-0.4, -0.2) is 57.7 Å². The number of anilines is 2. The Hall–Kier alpha value is -3.31. The van der Waals surface area contributed by atoms with Crippen molar-refractivity contribution in [1.29, 1.82) is 0 Å². The van der Waals surface area contributed by atoms with E-state index in [2.05, 4.69) is 41.3 Å². The first kappa shape index (κ1) is 21.4. The maximum absolute atomic E-state index is 12.1. The number of hydrogen-bond acceptors (Lipinski definition) is 10. The van der Waals surface area contributed by atoms with Crippen molar-refractivity contribution >= 4 is 34.5 Å². The van der Waals surface area contributed by atoms with Crippen molar-refractivity contribution in [2.45, 2.75) is 18.8 Å². The molecule has 0 bridgehead atoms. The molecule has 1 aliphatic heterocycles. The van der Waals surface area contributed by atoms with Crippen molar-refractivity contribution in [3.63, 3.8) is 0 Å². The highest BCUT2D eigenvalue weighted by Crippen LogP contribution is 2.31. The van der Waals surface area contributed by atoms with Crippen molar-refractivity contribution in [3.05, 3.63) is 52.9 Å². The summed E-state index contributed by atoms with van der Waals surface area (Å²) in [5.41, 5.74) is 6.07. The van der Waals surface area contributed by atoms with Gasteiger partial charge in [-0.3, -0.25) is 14.6 Å². The van der Waals surface area contributed by atoms with Gasteiger partial charge in [0.2, 0.25) is 11.0 Å². The number of nitrogens with two attached hydrogens (primary N) is 1. The second-order valence-corrected chi connectivity index (χ2v) is 7.35. The smallest absolute Gasteiger partial charge is 0.231 e. The molecule has 1 aliphatic rings. The van der Waals surface area contributed by atoms with Gasteiger partial charge in [-0.25, -0.2) is 0 Å². The first-order valence-electron chi connectivity index (χ1n) is 9.36. The number of nitrogens with zero attached hydrogens (tertiary/aromatic N) is 6. The van der Waals surface area contributed by atoms with E-state index in [-0.39, 0.29) is 18.2 Å². The van der Waals surface area contributed by atoms with Crippen LogP contribution in [-0.2, 0) is 11.2 Å². The van der Waals surface area contributed by atoms with Crippen LogP contribution < -0.4 is 16.0 Å². The third kappa shape index (κ3) is 5.39. The summed E-state index contributed by atoms with van der Waals surface area (Å²) in [6, 6.07) is 9.10. The number of amides is 1. The predicted molar refractivity (Wildman–Crippen MR) is 114 cm³/mol. The number of aromatic nitrogens is 5. The summed E-state index contributed by atoms with van der Waals surface area (Å²) in [6.45, 7) is 1.57. The summed E-state index contributed by atoms with van der Waals surface area (Å²) >= 11 is 1.28. The molecule has 30 heavy (non-hydrogen) atoms. The number of carbonyl (C=O) groups is 2. The minimum absolute atomic E-state index is 0.185. The van der Waals surface area contributed by atoms with Gasteiger partial charge in [-0.15, -0.1) is 15.3 Å². The van der Waals surface area contributed by atoms with Gasteiger partial charge in [0.15, 0.2) is 17.1 Å². The number of carbonyl (C=O) groups excluding carboxylic acids is 2. The average molecular weight is 427 g/mol. The van der Waals surface area contributed by atoms with E-state index < -0.39 is 0 Å². The third-order valence-electron chi connectivity index (χ3n) is 4.43. The normalized spacial score (nSPS) is 15.3. The standard InChI is InChI=1S/C18H17N7O2S.CH5N/c26-11-17-23-24-18(28-17)25-8-6-12(10-25)14-4-5-15(22-21-14)20-16(27)9-13-3-1-2-7-19-13;1-2/h1-5,7,11-12H,6,8-10H2,(H,20,22,27);2H2,1H3. The molecule has 11 heteroatoms. The minimum atomic E-state index is -0.185. The summed E-state index contributed by atoms with van der Waals surface area (Å²) in [5, 5.41) is 20.2. The molecule has 1 atom stereocenters. The Kier molecular flexibility index (Phi) is 7.46. The van der Waals surface area contributed by atoms with Crippen molar-refractivity contribution < 1.29 is 9.59 Å². The quantitative estimate of drug-likeness (QED) is 0.558. The van der Waals surface area contributed by atoms with E-state index in [4.69, 9.17) is 0 Å². The fourth-order valence-corrected chi connectivity index (χ4v) is 3.75. The van der Waals surface area contributed by atoms with E-state index in [0.717, 1.165) is 30.3 Å². The van der Waals surface area contributed by atoms with Crippen LogP contribution in [0.2, 0.25) is 0 Å². The molecule has 1 saturated heterocycles. The molecule has 10 nitrogen and oxygen atoms in total. The Balaban J connectivity index is 0.00000124. The Morgan fingerprint density at radius 2 is 2.10 bits per heavy atom. The SMILES string of the molecule is CN.O=Cc1nnc(N2CCC(c3ccc(NC(=O)Cc4ccccn4)nn3)C2)s1. The van der Waals surface area contributed by atoms with Crippen LogP contribution in [0.25, 0.3) is 0 Å². The van der Waals surface area contributed by atoms with Gasteiger partial charge in [-0.2, -0.15) is 5.10 Å². The lowest BCUT2D eigenvalue weighted by Crippen LogP contribution is -2.19. The molecule has 3 aromatic rings. The van der Waals surface area contributed by atoms with Gasteiger partial charge in [0.25, 0.3) is 0 Å². The van der Waals surface area contributed by atoms with Gasteiger partial charge >= 0.3 is 0 Å². The number of nitrogens with one attached hydrogen (secondary N) is 1. The van der Waals surface area contributed by atoms with Crippen LogP contribution in [0, 0.1) is 0 Å².